The van der Waals surface area contributed by atoms with Crippen LogP contribution in [0.3, 0.4) is 0 Å². The summed E-state index contributed by atoms with van der Waals surface area (Å²) in [4.78, 5) is 0. The van der Waals surface area contributed by atoms with E-state index in [9.17, 15) is 0 Å². The van der Waals surface area contributed by atoms with Gasteiger partial charge in [-0.2, -0.15) is 0 Å². The van der Waals surface area contributed by atoms with Crippen molar-refractivity contribution in [1.29, 1.82) is 0 Å². The van der Waals surface area contributed by atoms with Crippen LogP contribution in [0, 0.1) is 5.41 Å². The van der Waals surface area contributed by atoms with Crippen molar-refractivity contribution in [3.05, 3.63) is 35.4 Å². The zero-order chi connectivity index (χ0) is 13.4. The standard InChI is InChI=1S/C17H27N/c1-6-18-15(17(5)11-12-17)13-7-9-14(10-8-13)16(2,3)4/h7-10,15,18H,6,11-12H2,1-5H3. The van der Waals surface area contributed by atoms with Crippen LogP contribution in [0.4, 0.5) is 0 Å². The van der Waals surface area contributed by atoms with Crippen LogP contribution in [0.5, 0.6) is 0 Å². The van der Waals surface area contributed by atoms with Crippen molar-refractivity contribution in [1.82, 2.24) is 5.32 Å². The molecule has 1 unspecified atom stereocenters. The highest BCUT2D eigenvalue weighted by Gasteiger charge is 2.45. The predicted molar refractivity (Wildman–Crippen MR) is 78.9 cm³/mol. The van der Waals surface area contributed by atoms with Gasteiger partial charge in [0.15, 0.2) is 0 Å². The maximum atomic E-state index is 3.66. The Kier molecular flexibility index (Phi) is 3.55. The molecular formula is C17H27N. The molecule has 0 radical (unpaired) electrons. The van der Waals surface area contributed by atoms with E-state index in [0.29, 0.717) is 11.5 Å². The minimum Gasteiger partial charge on any atom is -0.310 e. The predicted octanol–water partition coefficient (Wildman–Crippen LogP) is 4.43. The molecule has 0 aliphatic heterocycles. The minimum absolute atomic E-state index is 0.246. The van der Waals surface area contributed by atoms with Gasteiger partial charge in [0.2, 0.25) is 0 Å². The molecule has 0 bridgehead atoms. The summed E-state index contributed by atoms with van der Waals surface area (Å²) in [5.74, 6) is 0. The third-order valence-corrected chi connectivity index (χ3v) is 4.25. The van der Waals surface area contributed by atoms with Crippen molar-refractivity contribution >= 4 is 0 Å². The van der Waals surface area contributed by atoms with Crippen LogP contribution in [-0.4, -0.2) is 6.54 Å². The first kappa shape index (κ1) is 13.6. The van der Waals surface area contributed by atoms with E-state index in [2.05, 4.69) is 64.2 Å². The lowest BCUT2D eigenvalue weighted by Gasteiger charge is -2.26. The molecule has 1 atom stereocenters. The summed E-state index contributed by atoms with van der Waals surface area (Å²) >= 11 is 0. The van der Waals surface area contributed by atoms with Gasteiger partial charge in [-0.15, -0.1) is 0 Å². The molecule has 0 aromatic heterocycles. The highest BCUT2D eigenvalue weighted by atomic mass is 14.9. The van der Waals surface area contributed by atoms with E-state index in [1.165, 1.54) is 24.0 Å². The third-order valence-electron chi connectivity index (χ3n) is 4.25. The lowest BCUT2D eigenvalue weighted by molar-refractivity contribution is 0.373. The fourth-order valence-corrected chi connectivity index (χ4v) is 2.63. The molecule has 1 nitrogen and oxygen atoms in total. The van der Waals surface area contributed by atoms with Crippen molar-refractivity contribution in [2.45, 2.75) is 58.9 Å². The molecule has 0 spiro atoms. The number of hydrogen-bond donors (Lipinski definition) is 1. The van der Waals surface area contributed by atoms with Gasteiger partial charge in [0.1, 0.15) is 0 Å². The Balaban J connectivity index is 2.22. The fourth-order valence-electron chi connectivity index (χ4n) is 2.63. The normalized spacial score (nSPS) is 19.6. The van der Waals surface area contributed by atoms with Gasteiger partial charge < -0.3 is 5.32 Å². The summed E-state index contributed by atoms with van der Waals surface area (Å²) in [5.41, 5.74) is 3.60. The fraction of sp³-hybridized carbons (Fsp3) is 0.647. The molecule has 1 aromatic carbocycles. The Morgan fingerprint density at radius 2 is 1.72 bits per heavy atom. The molecule has 1 aliphatic carbocycles. The molecule has 0 saturated heterocycles. The molecule has 0 heterocycles. The van der Waals surface area contributed by atoms with E-state index in [0.717, 1.165) is 6.54 Å². The molecule has 1 aliphatic rings. The quantitative estimate of drug-likeness (QED) is 0.827. The average Bonchev–Trinajstić information content (AvgIpc) is 3.04. The highest BCUT2D eigenvalue weighted by molar-refractivity contribution is 5.31. The van der Waals surface area contributed by atoms with Gasteiger partial charge in [0.05, 0.1) is 0 Å². The van der Waals surface area contributed by atoms with Crippen molar-refractivity contribution in [2.75, 3.05) is 6.54 Å². The zero-order valence-corrected chi connectivity index (χ0v) is 12.5. The van der Waals surface area contributed by atoms with E-state index in [-0.39, 0.29) is 5.41 Å². The van der Waals surface area contributed by atoms with E-state index in [1.807, 2.05) is 0 Å². The first-order chi connectivity index (χ1) is 8.37. The maximum absolute atomic E-state index is 3.66. The highest BCUT2D eigenvalue weighted by Crippen LogP contribution is 2.54. The molecule has 18 heavy (non-hydrogen) atoms. The van der Waals surface area contributed by atoms with Crippen molar-refractivity contribution in [3.63, 3.8) is 0 Å². The lowest BCUT2D eigenvalue weighted by atomic mass is 9.84. The number of nitrogens with one attached hydrogen (secondary N) is 1. The lowest BCUT2D eigenvalue weighted by Crippen LogP contribution is -2.28. The van der Waals surface area contributed by atoms with Crippen LogP contribution in [0.25, 0.3) is 0 Å². The molecular weight excluding hydrogens is 218 g/mol. The maximum Gasteiger partial charge on any atom is 0.0374 e. The van der Waals surface area contributed by atoms with Gasteiger partial charge in [0, 0.05) is 6.04 Å². The van der Waals surface area contributed by atoms with Crippen molar-refractivity contribution in [3.8, 4) is 0 Å². The molecule has 1 fully saturated rings. The summed E-state index contributed by atoms with van der Waals surface area (Å²) in [7, 11) is 0. The van der Waals surface area contributed by atoms with Crippen LogP contribution < -0.4 is 5.32 Å². The summed E-state index contributed by atoms with van der Waals surface area (Å²) in [5, 5.41) is 3.66. The monoisotopic (exact) mass is 245 g/mol. The largest absolute Gasteiger partial charge is 0.310 e. The van der Waals surface area contributed by atoms with Gasteiger partial charge in [-0.25, -0.2) is 0 Å². The van der Waals surface area contributed by atoms with Gasteiger partial charge in [-0.05, 0) is 41.3 Å². The third kappa shape index (κ3) is 2.77. The first-order valence-corrected chi connectivity index (χ1v) is 7.21. The van der Waals surface area contributed by atoms with Crippen molar-refractivity contribution < 1.29 is 0 Å². The molecule has 100 valence electrons. The van der Waals surface area contributed by atoms with Crippen LogP contribution >= 0.6 is 0 Å². The SMILES string of the molecule is CCNC(c1ccc(C(C)(C)C)cc1)C1(C)CC1. The second-order valence-corrected chi connectivity index (χ2v) is 7.02. The number of hydrogen-bond acceptors (Lipinski definition) is 1. The Morgan fingerprint density at radius 3 is 2.11 bits per heavy atom. The Hall–Kier alpha value is -0.820. The molecule has 1 N–H and O–H groups in total. The van der Waals surface area contributed by atoms with E-state index < -0.39 is 0 Å². The van der Waals surface area contributed by atoms with Crippen molar-refractivity contribution in [2.24, 2.45) is 5.41 Å². The molecule has 1 aromatic rings. The second kappa shape index (κ2) is 4.70. The smallest absolute Gasteiger partial charge is 0.0374 e. The average molecular weight is 245 g/mol. The van der Waals surface area contributed by atoms with Gasteiger partial charge in [0.25, 0.3) is 0 Å². The van der Waals surface area contributed by atoms with Gasteiger partial charge >= 0.3 is 0 Å². The topological polar surface area (TPSA) is 12.0 Å². The Morgan fingerprint density at radius 1 is 1.17 bits per heavy atom. The van der Waals surface area contributed by atoms with Crippen LogP contribution in [0.2, 0.25) is 0 Å². The number of rotatable bonds is 4. The molecule has 1 heteroatoms. The van der Waals surface area contributed by atoms with E-state index >= 15 is 0 Å². The van der Waals surface area contributed by atoms with Gasteiger partial charge in [-0.1, -0.05) is 58.9 Å². The summed E-state index contributed by atoms with van der Waals surface area (Å²) in [6.07, 6.45) is 2.71. The second-order valence-electron chi connectivity index (χ2n) is 7.02. The van der Waals surface area contributed by atoms with Gasteiger partial charge in [-0.3, -0.25) is 0 Å². The zero-order valence-electron chi connectivity index (χ0n) is 12.5. The van der Waals surface area contributed by atoms with E-state index in [4.69, 9.17) is 0 Å². The molecule has 2 rings (SSSR count). The van der Waals surface area contributed by atoms with Crippen LogP contribution in [0.1, 0.15) is 64.6 Å². The molecule has 1 saturated carbocycles. The Bertz CT molecular complexity index is 393. The van der Waals surface area contributed by atoms with Crippen LogP contribution in [-0.2, 0) is 5.41 Å². The number of benzene rings is 1. The summed E-state index contributed by atoms with van der Waals surface area (Å²) in [6.45, 7) is 12.4. The van der Waals surface area contributed by atoms with Crippen LogP contribution in [0.15, 0.2) is 24.3 Å². The minimum atomic E-state index is 0.246. The summed E-state index contributed by atoms with van der Waals surface area (Å²) in [6, 6.07) is 9.75. The summed E-state index contributed by atoms with van der Waals surface area (Å²) < 4.78 is 0. The molecule has 0 amide bonds. The van der Waals surface area contributed by atoms with E-state index in [1.54, 1.807) is 0 Å². The Labute approximate surface area is 112 Å². The first-order valence-electron chi connectivity index (χ1n) is 7.21.